The molecule has 0 nitrogen and oxygen atoms in total. The van der Waals surface area contributed by atoms with Gasteiger partial charge in [0, 0.05) is 10.7 Å². The van der Waals surface area contributed by atoms with Crippen LogP contribution in [0.25, 0.3) is 0 Å². The van der Waals surface area contributed by atoms with E-state index >= 15 is 0 Å². The Morgan fingerprint density at radius 1 is 1.62 bits per heavy atom. The highest BCUT2D eigenvalue weighted by Crippen LogP contribution is 2.34. The second kappa shape index (κ2) is 1.52. The predicted octanol–water partition coefficient (Wildman–Crippen LogP) is 1.92. The van der Waals surface area contributed by atoms with Gasteiger partial charge in [0.15, 0.2) is 0 Å². The van der Waals surface area contributed by atoms with Crippen LogP contribution in [0.5, 0.6) is 0 Å². The molecule has 0 aromatic rings. The third-order valence-corrected chi connectivity index (χ3v) is 2.27. The molecule has 0 bridgehead atoms. The van der Waals surface area contributed by atoms with Crippen LogP contribution in [0.2, 0.25) is 0 Å². The Kier molecular flexibility index (Phi) is 0.847. The molecule has 1 heteroatoms. The van der Waals surface area contributed by atoms with Crippen molar-refractivity contribution in [1.82, 2.24) is 0 Å². The fraction of sp³-hybridized carbons (Fsp3) is 0.143. The van der Waals surface area contributed by atoms with Crippen molar-refractivity contribution in [3.05, 3.63) is 34.8 Å². The Morgan fingerprint density at radius 2 is 2.62 bits per heavy atom. The first-order valence-electron chi connectivity index (χ1n) is 2.60. The highest BCUT2D eigenvalue weighted by molar-refractivity contribution is 8.03. The van der Waals surface area contributed by atoms with Crippen LogP contribution in [0.4, 0.5) is 0 Å². The Hall–Kier alpha value is -0.430. The van der Waals surface area contributed by atoms with Crippen molar-refractivity contribution in [2.24, 2.45) is 0 Å². The summed E-state index contributed by atoms with van der Waals surface area (Å²) in [6.07, 6.45) is 9.44. The zero-order valence-electron chi connectivity index (χ0n) is 4.35. The van der Waals surface area contributed by atoms with E-state index in [9.17, 15) is 0 Å². The quantitative estimate of drug-likeness (QED) is 0.472. The minimum atomic E-state index is 1.14. The van der Waals surface area contributed by atoms with Gasteiger partial charge in [-0.1, -0.05) is 12.2 Å². The average Bonchev–Trinajstić information content (AvgIpc) is 2.15. The van der Waals surface area contributed by atoms with Crippen molar-refractivity contribution in [1.29, 1.82) is 0 Å². The van der Waals surface area contributed by atoms with E-state index in [2.05, 4.69) is 18.2 Å². The first kappa shape index (κ1) is 4.45. The fourth-order valence-corrected chi connectivity index (χ4v) is 1.76. The van der Waals surface area contributed by atoms with E-state index in [4.69, 9.17) is 0 Å². The van der Waals surface area contributed by atoms with Gasteiger partial charge in [0.05, 0.1) is 0 Å². The molecule has 0 fully saturated rings. The van der Waals surface area contributed by atoms with Crippen LogP contribution in [0.1, 0.15) is 0 Å². The molecular weight excluding hydrogens is 116 g/mol. The summed E-state index contributed by atoms with van der Waals surface area (Å²) < 4.78 is 0. The standard InChI is InChI=1S/C7H5S/c1-2-6-4-5-8-7(6)3-1/h1,3-4H,5H2. The van der Waals surface area contributed by atoms with Gasteiger partial charge in [0.1, 0.15) is 0 Å². The van der Waals surface area contributed by atoms with Gasteiger partial charge in [-0.2, -0.15) is 0 Å². The molecule has 1 aliphatic carbocycles. The van der Waals surface area contributed by atoms with Gasteiger partial charge in [0.2, 0.25) is 0 Å². The summed E-state index contributed by atoms with van der Waals surface area (Å²) in [5, 5.41) is 0. The van der Waals surface area contributed by atoms with Gasteiger partial charge < -0.3 is 0 Å². The Balaban J connectivity index is 2.49. The summed E-state index contributed by atoms with van der Waals surface area (Å²) in [4.78, 5) is 1.39. The normalized spacial score (nSPS) is 23.0. The summed E-state index contributed by atoms with van der Waals surface area (Å²) in [5.74, 6) is 1.14. The molecule has 0 aromatic carbocycles. The first-order chi connectivity index (χ1) is 3.97. The number of hydrogen-bond acceptors (Lipinski definition) is 1. The fourth-order valence-electron chi connectivity index (χ4n) is 0.868. The van der Waals surface area contributed by atoms with E-state index in [1.54, 1.807) is 0 Å². The van der Waals surface area contributed by atoms with Crippen LogP contribution in [0, 0.1) is 6.08 Å². The maximum Gasteiger partial charge on any atom is 0.0170 e. The van der Waals surface area contributed by atoms with E-state index in [0.29, 0.717) is 0 Å². The van der Waals surface area contributed by atoms with Gasteiger partial charge in [0.25, 0.3) is 0 Å². The van der Waals surface area contributed by atoms with Crippen molar-refractivity contribution in [2.75, 3.05) is 5.75 Å². The maximum atomic E-state index is 3.14. The summed E-state index contributed by atoms with van der Waals surface area (Å²) in [7, 11) is 0. The molecule has 0 spiro atoms. The zero-order chi connectivity index (χ0) is 5.40. The van der Waals surface area contributed by atoms with E-state index < -0.39 is 0 Å². The van der Waals surface area contributed by atoms with E-state index in [1.807, 2.05) is 17.8 Å². The lowest BCUT2D eigenvalue weighted by Crippen LogP contribution is -1.64. The van der Waals surface area contributed by atoms with Crippen molar-refractivity contribution >= 4 is 11.8 Å². The van der Waals surface area contributed by atoms with Crippen molar-refractivity contribution < 1.29 is 0 Å². The molecule has 0 aromatic heterocycles. The minimum Gasteiger partial charge on any atom is -0.121 e. The molecule has 1 radical (unpaired) electrons. The molecule has 0 unspecified atom stereocenters. The van der Waals surface area contributed by atoms with Crippen LogP contribution in [0.3, 0.4) is 0 Å². The highest BCUT2D eigenvalue weighted by Gasteiger charge is 2.11. The lowest BCUT2D eigenvalue weighted by atomic mass is 10.3. The summed E-state index contributed by atoms with van der Waals surface area (Å²) in [5.41, 5.74) is 1.30. The van der Waals surface area contributed by atoms with Crippen LogP contribution >= 0.6 is 11.8 Å². The van der Waals surface area contributed by atoms with E-state index in [-0.39, 0.29) is 0 Å². The van der Waals surface area contributed by atoms with E-state index in [1.165, 1.54) is 10.5 Å². The Morgan fingerprint density at radius 3 is 3.50 bits per heavy atom. The SMILES string of the molecule is [C]1=CC=C2SCC=C12. The number of allylic oxidation sites excluding steroid dienone is 4. The summed E-state index contributed by atoms with van der Waals surface area (Å²) in [6.45, 7) is 0. The number of hydrogen-bond donors (Lipinski definition) is 0. The second-order valence-electron chi connectivity index (χ2n) is 1.77. The monoisotopic (exact) mass is 121 g/mol. The van der Waals surface area contributed by atoms with E-state index in [0.717, 1.165) is 5.75 Å². The zero-order valence-corrected chi connectivity index (χ0v) is 5.16. The number of thioether (sulfide) groups is 1. The molecule has 2 aliphatic rings. The molecule has 39 valence electrons. The third kappa shape index (κ3) is 0.480. The average molecular weight is 121 g/mol. The second-order valence-corrected chi connectivity index (χ2v) is 2.83. The molecule has 2 rings (SSSR count). The van der Waals surface area contributed by atoms with Gasteiger partial charge in [-0.15, -0.1) is 11.8 Å². The molecule has 0 saturated heterocycles. The first-order valence-corrected chi connectivity index (χ1v) is 3.59. The lowest BCUT2D eigenvalue weighted by molar-refractivity contribution is 1.66. The van der Waals surface area contributed by atoms with Crippen LogP contribution < -0.4 is 0 Å². The molecule has 1 aliphatic heterocycles. The molecule has 0 N–H and O–H groups in total. The van der Waals surface area contributed by atoms with Crippen molar-refractivity contribution in [2.45, 2.75) is 0 Å². The number of rotatable bonds is 0. The van der Waals surface area contributed by atoms with Crippen molar-refractivity contribution in [3.8, 4) is 0 Å². The van der Waals surface area contributed by atoms with Crippen LogP contribution in [-0.4, -0.2) is 5.75 Å². The Bertz CT molecular complexity index is 196. The largest absolute Gasteiger partial charge is 0.121 e. The topological polar surface area (TPSA) is 0 Å². The summed E-state index contributed by atoms with van der Waals surface area (Å²) >= 11 is 1.89. The molecule has 1 heterocycles. The summed E-state index contributed by atoms with van der Waals surface area (Å²) in [6, 6.07) is 0. The smallest absolute Gasteiger partial charge is 0.0170 e. The third-order valence-electron chi connectivity index (χ3n) is 1.27. The highest BCUT2D eigenvalue weighted by atomic mass is 32.2. The Labute approximate surface area is 53.0 Å². The van der Waals surface area contributed by atoms with Gasteiger partial charge in [-0.25, -0.2) is 0 Å². The van der Waals surface area contributed by atoms with Crippen LogP contribution in [-0.2, 0) is 0 Å². The van der Waals surface area contributed by atoms with Crippen molar-refractivity contribution in [3.63, 3.8) is 0 Å². The van der Waals surface area contributed by atoms with Crippen LogP contribution in [0.15, 0.2) is 28.7 Å². The van der Waals surface area contributed by atoms with Gasteiger partial charge in [-0.3, -0.25) is 0 Å². The molecule has 8 heavy (non-hydrogen) atoms. The van der Waals surface area contributed by atoms with Gasteiger partial charge in [-0.05, 0) is 17.7 Å². The molecule has 0 atom stereocenters. The van der Waals surface area contributed by atoms with Gasteiger partial charge >= 0.3 is 0 Å². The molecule has 0 amide bonds. The molecular formula is C7H5S. The maximum absolute atomic E-state index is 3.14. The number of fused-ring (bicyclic) bond motifs is 1. The predicted molar refractivity (Wildman–Crippen MR) is 36.4 cm³/mol. The lowest BCUT2D eigenvalue weighted by Gasteiger charge is -1.86. The molecule has 0 saturated carbocycles. The minimum absolute atomic E-state index is 1.14.